The summed E-state index contributed by atoms with van der Waals surface area (Å²) in [6, 6.07) is 9.31. The van der Waals surface area contributed by atoms with E-state index < -0.39 is 0 Å². The molecule has 0 aliphatic heterocycles. The van der Waals surface area contributed by atoms with Crippen molar-refractivity contribution in [3.05, 3.63) is 35.4 Å². The number of hydrogen-bond donors (Lipinski definition) is 0. The molecule has 3 heteroatoms. The summed E-state index contributed by atoms with van der Waals surface area (Å²) in [5, 5.41) is 12.5. The summed E-state index contributed by atoms with van der Waals surface area (Å²) in [4.78, 5) is 5.15. The fraction of sp³-hybridized carbons (Fsp3) is 0.429. The van der Waals surface area contributed by atoms with Crippen LogP contribution in [0.15, 0.2) is 29.4 Å². The van der Waals surface area contributed by atoms with Crippen LogP contribution in [-0.4, -0.2) is 12.8 Å². The van der Waals surface area contributed by atoms with Crippen molar-refractivity contribution in [2.75, 3.05) is 6.61 Å². The minimum atomic E-state index is 0.655. The second-order valence-electron chi connectivity index (χ2n) is 3.86. The number of oxime groups is 1. The minimum absolute atomic E-state index is 0.655. The minimum Gasteiger partial charge on any atom is -0.396 e. The molecule has 0 N–H and O–H groups in total. The standard InChI is InChI=1S/C14H18N2O/c1-2-3-4-5-10-17-16-12-14-8-6-13(11-15)7-9-14/h6-9,12H,2-5,10H2,1H3. The predicted octanol–water partition coefficient (Wildman–Crippen LogP) is 3.49. The van der Waals surface area contributed by atoms with Gasteiger partial charge in [0.1, 0.15) is 6.61 Å². The SMILES string of the molecule is CCCCCCON=Cc1ccc(C#N)cc1. The van der Waals surface area contributed by atoms with Crippen LogP contribution in [-0.2, 0) is 4.84 Å². The zero-order valence-electron chi connectivity index (χ0n) is 10.2. The van der Waals surface area contributed by atoms with Crippen LogP contribution in [0.25, 0.3) is 0 Å². The average Bonchev–Trinajstić information content (AvgIpc) is 2.38. The monoisotopic (exact) mass is 230 g/mol. The van der Waals surface area contributed by atoms with E-state index in [0.717, 1.165) is 12.0 Å². The van der Waals surface area contributed by atoms with E-state index in [-0.39, 0.29) is 0 Å². The second-order valence-corrected chi connectivity index (χ2v) is 3.86. The van der Waals surface area contributed by atoms with Crippen LogP contribution in [0, 0.1) is 11.3 Å². The zero-order valence-corrected chi connectivity index (χ0v) is 10.2. The topological polar surface area (TPSA) is 45.4 Å². The lowest BCUT2D eigenvalue weighted by molar-refractivity contribution is 0.141. The van der Waals surface area contributed by atoms with Crippen molar-refractivity contribution in [3.8, 4) is 6.07 Å². The van der Waals surface area contributed by atoms with E-state index in [9.17, 15) is 0 Å². The molecule has 0 aromatic heterocycles. The molecule has 0 aliphatic carbocycles. The molecular formula is C14H18N2O. The van der Waals surface area contributed by atoms with E-state index in [0.29, 0.717) is 12.2 Å². The quantitative estimate of drug-likeness (QED) is 0.409. The average molecular weight is 230 g/mol. The molecule has 0 bridgehead atoms. The third kappa shape index (κ3) is 5.72. The van der Waals surface area contributed by atoms with E-state index in [1.54, 1.807) is 18.3 Å². The van der Waals surface area contributed by atoms with E-state index in [2.05, 4.69) is 18.1 Å². The van der Waals surface area contributed by atoms with Gasteiger partial charge in [-0.15, -0.1) is 0 Å². The van der Waals surface area contributed by atoms with Crippen molar-refractivity contribution in [1.82, 2.24) is 0 Å². The van der Waals surface area contributed by atoms with Crippen molar-refractivity contribution in [2.24, 2.45) is 5.16 Å². The molecule has 0 saturated heterocycles. The maximum absolute atomic E-state index is 8.64. The van der Waals surface area contributed by atoms with Crippen molar-refractivity contribution in [1.29, 1.82) is 5.26 Å². The summed E-state index contributed by atoms with van der Waals surface area (Å²) in [7, 11) is 0. The lowest BCUT2D eigenvalue weighted by Crippen LogP contribution is -1.89. The van der Waals surface area contributed by atoms with Crippen LogP contribution in [0.1, 0.15) is 43.7 Å². The first-order valence-corrected chi connectivity index (χ1v) is 6.02. The number of unbranched alkanes of at least 4 members (excludes halogenated alkanes) is 3. The van der Waals surface area contributed by atoms with Gasteiger partial charge in [0, 0.05) is 0 Å². The largest absolute Gasteiger partial charge is 0.396 e. The molecule has 0 atom stereocenters. The van der Waals surface area contributed by atoms with Gasteiger partial charge >= 0.3 is 0 Å². The molecule has 0 aliphatic rings. The summed E-state index contributed by atoms with van der Waals surface area (Å²) < 4.78 is 0. The third-order valence-corrected chi connectivity index (χ3v) is 2.41. The van der Waals surface area contributed by atoms with Crippen molar-refractivity contribution in [2.45, 2.75) is 32.6 Å². The van der Waals surface area contributed by atoms with Crippen LogP contribution >= 0.6 is 0 Å². The fourth-order valence-corrected chi connectivity index (χ4v) is 1.39. The molecule has 0 fully saturated rings. The Balaban J connectivity index is 2.21. The van der Waals surface area contributed by atoms with Gasteiger partial charge in [-0.05, 0) is 30.5 Å². The lowest BCUT2D eigenvalue weighted by atomic mass is 10.2. The summed E-state index contributed by atoms with van der Waals surface area (Å²) >= 11 is 0. The maximum Gasteiger partial charge on any atom is 0.117 e. The molecule has 1 aromatic carbocycles. The Morgan fingerprint density at radius 1 is 1.24 bits per heavy atom. The Hall–Kier alpha value is -1.82. The summed E-state index contributed by atoms with van der Waals surface area (Å²) in [5.74, 6) is 0. The van der Waals surface area contributed by atoms with Gasteiger partial charge < -0.3 is 4.84 Å². The van der Waals surface area contributed by atoms with E-state index in [1.165, 1.54) is 19.3 Å². The second kappa shape index (κ2) is 8.35. The molecular weight excluding hydrogens is 212 g/mol. The van der Waals surface area contributed by atoms with Gasteiger partial charge in [0.25, 0.3) is 0 Å². The molecule has 1 aromatic rings. The summed E-state index contributed by atoms with van der Waals surface area (Å²) in [6.45, 7) is 2.86. The molecule has 0 saturated carbocycles. The first kappa shape index (κ1) is 13.2. The molecule has 0 unspecified atom stereocenters. The van der Waals surface area contributed by atoms with Crippen LogP contribution in [0.4, 0.5) is 0 Å². The van der Waals surface area contributed by atoms with Gasteiger partial charge in [0.2, 0.25) is 0 Å². The smallest absolute Gasteiger partial charge is 0.117 e. The summed E-state index contributed by atoms with van der Waals surface area (Å²) in [5.41, 5.74) is 1.60. The number of benzene rings is 1. The van der Waals surface area contributed by atoms with Crippen LogP contribution in [0.3, 0.4) is 0 Å². The van der Waals surface area contributed by atoms with Gasteiger partial charge in [-0.1, -0.05) is 37.1 Å². The van der Waals surface area contributed by atoms with Crippen molar-refractivity contribution >= 4 is 6.21 Å². The molecule has 0 radical (unpaired) electrons. The molecule has 0 amide bonds. The molecule has 0 heterocycles. The van der Waals surface area contributed by atoms with Crippen molar-refractivity contribution < 1.29 is 4.84 Å². The van der Waals surface area contributed by atoms with Crippen LogP contribution in [0.2, 0.25) is 0 Å². The predicted molar refractivity (Wildman–Crippen MR) is 68.8 cm³/mol. The van der Waals surface area contributed by atoms with Crippen LogP contribution < -0.4 is 0 Å². The molecule has 90 valence electrons. The molecule has 17 heavy (non-hydrogen) atoms. The van der Waals surface area contributed by atoms with E-state index in [1.807, 2.05) is 12.1 Å². The van der Waals surface area contributed by atoms with E-state index >= 15 is 0 Å². The van der Waals surface area contributed by atoms with Gasteiger partial charge in [-0.3, -0.25) is 0 Å². The van der Waals surface area contributed by atoms with E-state index in [4.69, 9.17) is 10.1 Å². The molecule has 3 nitrogen and oxygen atoms in total. The van der Waals surface area contributed by atoms with Crippen LogP contribution in [0.5, 0.6) is 0 Å². The fourth-order valence-electron chi connectivity index (χ4n) is 1.39. The number of nitrogens with zero attached hydrogens (tertiary/aromatic N) is 2. The number of nitriles is 1. The van der Waals surface area contributed by atoms with Gasteiger partial charge in [-0.25, -0.2) is 0 Å². The lowest BCUT2D eigenvalue weighted by Gasteiger charge is -1.98. The Kier molecular flexibility index (Phi) is 6.50. The maximum atomic E-state index is 8.64. The zero-order chi connectivity index (χ0) is 12.3. The highest BCUT2D eigenvalue weighted by Gasteiger charge is 1.90. The first-order valence-electron chi connectivity index (χ1n) is 6.02. The normalized spacial score (nSPS) is 10.4. The third-order valence-electron chi connectivity index (χ3n) is 2.41. The molecule has 1 rings (SSSR count). The highest BCUT2D eigenvalue weighted by Crippen LogP contribution is 2.01. The highest BCUT2D eigenvalue weighted by atomic mass is 16.6. The van der Waals surface area contributed by atoms with Gasteiger partial charge in [-0.2, -0.15) is 5.26 Å². The Labute approximate surface area is 103 Å². The molecule has 0 spiro atoms. The Morgan fingerprint density at radius 2 is 2.00 bits per heavy atom. The number of rotatable bonds is 7. The van der Waals surface area contributed by atoms with Gasteiger partial charge in [0.15, 0.2) is 0 Å². The Morgan fingerprint density at radius 3 is 2.65 bits per heavy atom. The summed E-state index contributed by atoms with van der Waals surface area (Å²) in [6.07, 6.45) is 6.40. The van der Waals surface area contributed by atoms with Crippen molar-refractivity contribution in [3.63, 3.8) is 0 Å². The Bertz CT molecular complexity index is 376. The highest BCUT2D eigenvalue weighted by molar-refractivity contribution is 5.79. The number of hydrogen-bond acceptors (Lipinski definition) is 3. The first-order chi connectivity index (χ1) is 8.36. The van der Waals surface area contributed by atoms with Gasteiger partial charge in [0.05, 0.1) is 17.8 Å².